The van der Waals surface area contributed by atoms with Crippen LogP contribution in [-0.2, 0) is 0 Å². The lowest BCUT2D eigenvalue weighted by Gasteiger charge is -2.32. The minimum atomic E-state index is -0.591. The Labute approximate surface area is 156 Å². The van der Waals surface area contributed by atoms with Crippen LogP contribution in [0.1, 0.15) is 25.3 Å². The quantitative estimate of drug-likeness (QED) is 0.703. The number of phenols is 1. The Morgan fingerprint density at radius 3 is 2.52 bits per heavy atom. The number of piperidine rings is 1. The van der Waals surface area contributed by atoms with Crippen LogP contribution < -0.4 is 4.90 Å². The molecule has 1 saturated heterocycles. The molecule has 0 spiro atoms. The van der Waals surface area contributed by atoms with Crippen molar-refractivity contribution < 1.29 is 13.9 Å². The van der Waals surface area contributed by atoms with Gasteiger partial charge >= 0.3 is 0 Å². The van der Waals surface area contributed by atoms with Gasteiger partial charge in [-0.2, -0.15) is 0 Å². The van der Waals surface area contributed by atoms with E-state index < -0.39 is 5.82 Å². The Balaban J connectivity index is 1.95. The van der Waals surface area contributed by atoms with Gasteiger partial charge in [0.05, 0.1) is 11.1 Å². The Kier molecular flexibility index (Phi) is 4.42. The Morgan fingerprint density at radius 2 is 1.81 bits per heavy atom. The largest absolute Gasteiger partial charge is 0.507 e. The molecule has 0 amide bonds. The molecule has 2 aromatic carbocycles. The normalized spacial score (nSPS) is 15.5. The number of halogens is 2. The summed E-state index contributed by atoms with van der Waals surface area (Å²) in [6.07, 6.45) is 2.03. The maximum atomic E-state index is 14.4. The van der Waals surface area contributed by atoms with Crippen molar-refractivity contribution >= 4 is 16.7 Å². The number of anilines is 1. The molecule has 0 saturated carbocycles. The molecular formula is C21H21F2N3O. The lowest BCUT2D eigenvalue weighted by atomic mass is 9.99. The summed E-state index contributed by atoms with van der Waals surface area (Å²) in [5.41, 5.74) is 0.964. The third-order valence-corrected chi connectivity index (χ3v) is 5.25. The second-order valence-corrected chi connectivity index (χ2v) is 7.29. The van der Waals surface area contributed by atoms with E-state index in [9.17, 15) is 13.9 Å². The SMILES string of the molecule is Cc1cc2nc(-c3c(O)cccc3F)nc(N3CCC(C)CC3)c2cc1F. The number of aryl methyl sites for hydroxylation is 1. The van der Waals surface area contributed by atoms with Crippen LogP contribution in [0.25, 0.3) is 22.3 Å². The number of benzene rings is 2. The summed E-state index contributed by atoms with van der Waals surface area (Å²) < 4.78 is 28.6. The van der Waals surface area contributed by atoms with E-state index in [1.807, 2.05) is 0 Å². The summed E-state index contributed by atoms with van der Waals surface area (Å²) in [6.45, 7) is 5.47. The second kappa shape index (κ2) is 6.76. The van der Waals surface area contributed by atoms with Gasteiger partial charge in [-0.3, -0.25) is 0 Å². The maximum Gasteiger partial charge on any atom is 0.168 e. The van der Waals surface area contributed by atoms with Gasteiger partial charge in [0, 0.05) is 18.5 Å². The first-order valence-electron chi connectivity index (χ1n) is 9.14. The topological polar surface area (TPSA) is 49.3 Å². The zero-order valence-electron chi connectivity index (χ0n) is 15.3. The molecule has 6 heteroatoms. The predicted molar refractivity (Wildman–Crippen MR) is 102 cm³/mol. The molecule has 4 nitrogen and oxygen atoms in total. The summed E-state index contributed by atoms with van der Waals surface area (Å²) >= 11 is 0. The zero-order chi connectivity index (χ0) is 19.1. The number of aromatic nitrogens is 2. The Morgan fingerprint density at radius 1 is 1.07 bits per heavy atom. The first-order chi connectivity index (χ1) is 12.9. The Hall–Kier alpha value is -2.76. The lowest BCUT2D eigenvalue weighted by Crippen LogP contribution is -2.33. The minimum Gasteiger partial charge on any atom is -0.507 e. The number of hydrogen-bond acceptors (Lipinski definition) is 4. The molecule has 0 aliphatic carbocycles. The number of aromatic hydroxyl groups is 1. The summed E-state index contributed by atoms with van der Waals surface area (Å²) in [4.78, 5) is 11.1. The molecule has 1 aliphatic heterocycles. The van der Waals surface area contributed by atoms with Gasteiger partial charge in [-0.05, 0) is 55.5 Å². The number of phenolic OH excluding ortho intramolecular Hbond substituents is 1. The molecule has 0 radical (unpaired) electrons. The maximum absolute atomic E-state index is 14.4. The van der Waals surface area contributed by atoms with Crippen molar-refractivity contribution in [1.82, 2.24) is 9.97 Å². The fraction of sp³-hybridized carbons (Fsp3) is 0.333. The molecule has 4 rings (SSSR count). The fourth-order valence-electron chi connectivity index (χ4n) is 3.54. The van der Waals surface area contributed by atoms with Crippen molar-refractivity contribution in [3.05, 3.63) is 47.5 Å². The highest BCUT2D eigenvalue weighted by Crippen LogP contribution is 2.35. The molecule has 1 N–H and O–H groups in total. The van der Waals surface area contributed by atoms with Gasteiger partial charge in [-0.15, -0.1) is 0 Å². The van der Waals surface area contributed by atoms with Gasteiger partial charge in [0.2, 0.25) is 0 Å². The van der Waals surface area contributed by atoms with Crippen molar-refractivity contribution in [2.24, 2.45) is 5.92 Å². The van der Waals surface area contributed by atoms with Crippen LogP contribution in [0, 0.1) is 24.5 Å². The minimum absolute atomic E-state index is 0.0343. The van der Waals surface area contributed by atoms with Gasteiger partial charge in [0.15, 0.2) is 5.82 Å². The predicted octanol–water partition coefficient (Wildman–Crippen LogP) is 4.83. The van der Waals surface area contributed by atoms with Crippen molar-refractivity contribution in [1.29, 1.82) is 0 Å². The van der Waals surface area contributed by atoms with E-state index >= 15 is 0 Å². The third kappa shape index (κ3) is 3.20. The highest BCUT2D eigenvalue weighted by Gasteiger charge is 2.23. The Bertz CT molecular complexity index is 994. The van der Waals surface area contributed by atoms with Crippen LogP contribution in [0.4, 0.5) is 14.6 Å². The van der Waals surface area contributed by atoms with E-state index in [0.717, 1.165) is 25.9 Å². The molecule has 27 heavy (non-hydrogen) atoms. The average molecular weight is 369 g/mol. The number of hydrogen-bond donors (Lipinski definition) is 1. The summed E-state index contributed by atoms with van der Waals surface area (Å²) in [5, 5.41) is 10.8. The van der Waals surface area contributed by atoms with Crippen molar-refractivity contribution in [3.8, 4) is 17.1 Å². The van der Waals surface area contributed by atoms with Gasteiger partial charge in [-0.1, -0.05) is 13.0 Å². The van der Waals surface area contributed by atoms with E-state index in [0.29, 0.717) is 28.2 Å². The van der Waals surface area contributed by atoms with E-state index in [4.69, 9.17) is 0 Å². The molecule has 1 aliphatic rings. The molecule has 3 aromatic rings. The zero-order valence-corrected chi connectivity index (χ0v) is 15.3. The molecule has 2 heterocycles. The number of fused-ring (bicyclic) bond motifs is 1. The third-order valence-electron chi connectivity index (χ3n) is 5.25. The van der Waals surface area contributed by atoms with E-state index in [1.54, 1.807) is 13.0 Å². The van der Waals surface area contributed by atoms with Gasteiger partial charge < -0.3 is 10.0 Å². The first kappa shape index (κ1) is 17.6. The molecular weight excluding hydrogens is 348 g/mol. The summed E-state index contributed by atoms with van der Waals surface area (Å²) in [7, 11) is 0. The highest BCUT2D eigenvalue weighted by atomic mass is 19.1. The molecule has 1 aromatic heterocycles. The first-order valence-corrected chi connectivity index (χ1v) is 9.14. The van der Waals surface area contributed by atoms with Crippen LogP contribution in [0.15, 0.2) is 30.3 Å². The summed E-state index contributed by atoms with van der Waals surface area (Å²) in [6, 6.07) is 7.19. The van der Waals surface area contributed by atoms with Gasteiger partial charge in [0.25, 0.3) is 0 Å². The number of nitrogens with zero attached hydrogens (tertiary/aromatic N) is 3. The van der Waals surface area contributed by atoms with Crippen LogP contribution in [0.2, 0.25) is 0 Å². The van der Waals surface area contributed by atoms with Crippen molar-refractivity contribution in [2.75, 3.05) is 18.0 Å². The van der Waals surface area contributed by atoms with Crippen molar-refractivity contribution in [3.63, 3.8) is 0 Å². The van der Waals surface area contributed by atoms with E-state index in [2.05, 4.69) is 21.8 Å². The molecule has 1 fully saturated rings. The molecule has 0 atom stereocenters. The monoisotopic (exact) mass is 369 g/mol. The van der Waals surface area contributed by atoms with Gasteiger partial charge in [0.1, 0.15) is 23.2 Å². The average Bonchev–Trinajstić information content (AvgIpc) is 2.63. The van der Waals surface area contributed by atoms with Crippen LogP contribution in [-0.4, -0.2) is 28.2 Å². The number of rotatable bonds is 2. The van der Waals surface area contributed by atoms with Crippen LogP contribution in [0.5, 0.6) is 5.75 Å². The fourth-order valence-corrected chi connectivity index (χ4v) is 3.54. The van der Waals surface area contributed by atoms with Crippen LogP contribution in [0.3, 0.4) is 0 Å². The van der Waals surface area contributed by atoms with Crippen molar-refractivity contribution in [2.45, 2.75) is 26.7 Å². The summed E-state index contributed by atoms with van der Waals surface area (Å²) in [5.74, 6) is 0.196. The molecule has 0 unspecified atom stereocenters. The van der Waals surface area contributed by atoms with E-state index in [1.165, 1.54) is 24.3 Å². The standard InChI is InChI=1S/C21H21F2N3O/c1-12-6-8-26(9-7-12)21-14-11-16(23)13(2)10-17(14)24-20(25-21)19-15(22)4-3-5-18(19)27/h3-5,10-12,27H,6-9H2,1-2H3. The van der Waals surface area contributed by atoms with Gasteiger partial charge in [-0.25, -0.2) is 18.7 Å². The smallest absolute Gasteiger partial charge is 0.168 e. The van der Waals surface area contributed by atoms with Crippen LogP contribution >= 0.6 is 0 Å². The second-order valence-electron chi connectivity index (χ2n) is 7.29. The highest BCUT2D eigenvalue weighted by molar-refractivity contribution is 5.92. The van der Waals surface area contributed by atoms with E-state index in [-0.39, 0.29) is 23.0 Å². The lowest BCUT2D eigenvalue weighted by molar-refractivity contribution is 0.437. The molecule has 140 valence electrons. The molecule has 0 bridgehead atoms.